The van der Waals surface area contributed by atoms with Gasteiger partial charge in [0.1, 0.15) is 10.7 Å². The van der Waals surface area contributed by atoms with E-state index >= 15 is 0 Å². The quantitative estimate of drug-likeness (QED) is 0.618. The number of nitrogens with two attached hydrogens (primary N) is 1. The van der Waals surface area contributed by atoms with Gasteiger partial charge in [0, 0.05) is 12.6 Å². The van der Waals surface area contributed by atoms with Crippen molar-refractivity contribution in [3.05, 3.63) is 28.0 Å². The van der Waals surface area contributed by atoms with E-state index < -0.39 is 4.92 Å². The van der Waals surface area contributed by atoms with E-state index in [0.717, 1.165) is 19.5 Å². The minimum Gasteiger partial charge on any atom is -0.404 e. The predicted molar refractivity (Wildman–Crippen MR) is 57.9 cm³/mol. The molecule has 1 aromatic rings. The van der Waals surface area contributed by atoms with Gasteiger partial charge in [-0.25, -0.2) is 0 Å². The maximum atomic E-state index is 10.5. The second kappa shape index (κ2) is 4.23. The van der Waals surface area contributed by atoms with Crippen molar-refractivity contribution in [2.75, 3.05) is 13.1 Å². The first-order valence-electron chi connectivity index (χ1n) is 5.37. The normalized spacial score (nSPS) is 26.1. The molecule has 0 saturated carbocycles. The minimum absolute atomic E-state index is 0.00861. The number of nitrogens with zero attached hydrogens (tertiary/aromatic N) is 2. The molecule has 16 heavy (non-hydrogen) atoms. The first-order chi connectivity index (χ1) is 7.63. The lowest BCUT2D eigenvalue weighted by atomic mass is 10.1. The topological polar surface area (TPSA) is 85.5 Å². The molecule has 2 rings (SSSR count). The molecule has 0 amide bonds. The SMILES string of the molecule is CCN1CCC(N)C1c1ccc([N+](=O)[O-])o1. The number of nitro groups is 1. The molecule has 0 bridgehead atoms. The lowest BCUT2D eigenvalue weighted by Crippen LogP contribution is -2.31. The maximum Gasteiger partial charge on any atom is 0.433 e. The van der Waals surface area contributed by atoms with E-state index in [2.05, 4.69) is 4.90 Å². The highest BCUT2D eigenvalue weighted by Gasteiger charge is 2.34. The van der Waals surface area contributed by atoms with Gasteiger partial charge in [0.2, 0.25) is 0 Å². The number of hydrogen-bond donors (Lipinski definition) is 1. The van der Waals surface area contributed by atoms with Crippen LogP contribution < -0.4 is 5.73 Å². The Labute approximate surface area is 93.2 Å². The zero-order valence-electron chi connectivity index (χ0n) is 9.13. The van der Waals surface area contributed by atoms with Crippen LogP contribution in [0.2, 0.25) is 0 Å². The van der Waals surface area contributed by atoms with Crippen LogP contribution in [0.1, 0.15) is 25.1 Å². The van der Waals surface area contributed by atoms with Crippen LogP contribution in [0.5, 0.6) is 0 Å². The Morgan fingerprint density at radius 1 is 1.69 bits per heavy atom. The number of likely N-dealkylation sites (tertiary alicyclic amines) is 1. The van der Waals surface area contributed by atoms with Gasteiger partial charge < -0.3 is 10.2 Å². The number of furan rings is 1. The average molecular weight is 225 g/mol. The van der Waals surface area contributed by atoms with Gasteiger partial charge in [-0.3, -0.25) is 15.0 Å². The third-order valence-corrected chi connectivity index (χ3v) is 3.04. The largest absolute Gasteiger partial charge is 0.433 e. The molecule has 1 aliphatic heterocycles. The van der Waals surface area contributed by atoms with E-state index in [1.807, 2.05) is 6.92 Å². The Morgan fingerprint density at radius 3 is 3.00 bits per heavy atom. The fourth-order valence-electron chi connectivity index (χ4n) is 2.23. The van der Waals surface area contributed by atoms with Crippen LogP contribution in [0, 0.1) is 10.1 Å². The van der Waals surface area contributed by atoms with Gasteiger partial charge >= 0.3 is 5.88 Å². The van der Waals surface area contributed by atoms with Crippen molar-refractivity contribution in [2.45, 2.75) is 25.4 Å². The molecule has 0 aliphatic carbocycles. The van der Waals surface area contributed by atoms with Crippen LogP contribution in [0.4, 0.5) is 5.88 Å². The van der Waals surface area contributed by atoms with E-state index in [4.69, 9.17) is 10.2 Å². The van der Waals surface area contributed by atoms with E-state index in [9.17, 15) is 10.1 Å². The van der Waals surface area contributed by atoms with Crippen molar-refractivity contribution in [2.24, 2.45) is 5.73 Å². The highest BCUT2D eigenvalue weighted by atomic mass is 16.6. The van der Waals surface area contributed by atoms with Crippen LogP contribution in [0.15, 0.2) is 16.5 Å². The Hall–Kier alpha value is -1.40. The molecule has 88 valence electrons. The molecule has 6 heteroatoms. The van der Waals surface area contributed by atoms with E-state index in [1.165, 1.54) is 6.07 Å². The van der Waals surface area contributed by atoms with Crippen molar-refractivity contribution < 1.29 is 9.34 Å². The lowest BCUT2D eigenvalue weighted by Gasteiger charge is -2.22. The van der Waals surface area contributed by atoms with E-state index in [-0.39, 0.29) is 18.0 Å². The second-order valence-corrected chi connectivity index (χ2v) is 3.96. The molecule has 0 aromatic carbocycles. The summed E-state index contributed by atoms with van der Waals surface area (Å²) >= 11 is 0. The molecule has 1 aromatic heterocycles. The predicted octanol–water partition coefficient (Wildman–Crippen LogP) is 1.28. The summed E-state index contributed by atoms with van der Waals surface area (Å²) in [6.45, 7) is 3.83. The number of likely N-dealkylation sites (N-methyl/N-ethyl adjacent to an activating group) is 1. The molecular formula is C10H15N3O3. The van der Waals surface area contributed by atoms with Gasteiger partial charge in [-0.1, -0.05) is 6.92 Å². The molecule has 2 heterocycles. The highest BCUT2D eigenvalue weighted by molar-refractivity contribution is 5.21. The van der Waals surface area contributed by atoms with Crippen molar-refractivity contribution >= 4 is 5.88 Å². The van der Waals surface area contributed by atoms with E-state index in [0.29, 0.717) is 5.76 Å². The van der Waals surface area contributed by atoms with Crippen LogP contribution in [-0.4, -0.2) is 29.0 Å². The molecule has 1 aliphatic rings. The van der Waals surface area contributed by atoms with Crippen molar-refractivity contribution in [3.63, 3.8) is 0 Å². The smallest absolute Gasteiger partial charge is 0.404 e. The van der Waals surface area contributed by atoms with Crippen LogP contribution in [-0.2, 0) is 0 Å². The Kier molecular flexibility index (Phi) is 2.93. The highest BCUT2D eigenvalue weighted by Crippen LogP contribution is 2.33. The number of hydrogen-bond acceptors (Lipinski definition) is 5. The monoisotopic (exact) mass is 225 g/mol. The molecule has 2 unspecified atom stereocenters. The van der Waals surface area contributed by atoms with E-state index in [1.54, 1.807) is 6.07 Å². The van der Waals surface area contributed by atoms with Gasteiger partial charge in [0.15, 0.2) is 0 Å². The fraction of sp³-hybridized carbons (Fsp3) is 0.600. The first-order valence-corrected chi connectivity index (χ1v) is 5.37. The van der Waals surface area contributed by atoms with Crippen LogP contribution >= 0.6 is 0 Å². The zero-order valence-corrected chi connectivity index (χ0v) is 9.13. The average Bonchev–Trinajstić information content (AvgIpc) is 2.83. The summed E-state index contributed by atoms with van der Waals surface area (Å²) in [5.41, 5.74) is 5.99. The summed E-state index contributed by atoms with van der Waals surface area (Å²) in [6.07, 6.45) is 0.896. The minimum atomic E-state index is -0.528. The summed E-state index contributed by atoms with van der Waals surface area (Å²) in [4.78, 5) is 12.2. The molecule has 2 atom stereocenters. The third-order valence-electron chi connectivity index (χ3n) is 3.04. The van der Waals surface area contributed by atoms with Crippen LogP contribution in [0.25, 0.3) is 0 Å². The summed E-state index contributed by atoms with van der Waals surface area (Å²) < 4.78 is 5.21. The summed E-state index contributed by atoms with van der Waals surface area (Å²) in [6, 6.07) is 3.00. The summed E-state index contributed by atoms with van der Waals surface area (Å²) in [7, 11) is 0. The Balaban J connectivity index is 2.24. The molecule has 1 saturated heterocycles. The van der Waals surface area contributed by atoms with Crippen molar-refractivity contribution in [3.8, 4) is 0 Å². The molecule has 6 nitrogen and oxygen atoms in total. The first kappa shape index (κ1) is 11.1. The Morgan fingerprint density at radius 2 is 2.44 bits per heavy atom. The van der Waals surface area contributed by atoms with Gasteiger partial charge in [-0.2, -0.15) is 0 Å². The van der Waals surface area contributed by atoms with Gasteiger partial charge in [-0.15, -0.1) is 0 Å². The fourth-order valence-corrected chi connectivity index (χ4v) is 2.23. The van der Waals surface area contributed by atoms with Gasteiger partial charge in [-0.05, 0) is 19.0 Å². The molecule has 0 radical (unpaired) electrons. The van der Waals surface area contributed by atoms with Crippen molar-refractivity contribution in [1.82, 2.24) is 4.90 Å². The number of rotatable bonds is 3. The lowest BCUT2D eigenvalue weighted by molar-refractivity contribution is -0.402. The second-order valence-electron chi connectivity index (χ2n) is 3.96. The van der Waals surface area contributed by atoms with Crippen molar-refractivity contribution in [1.29, 1.82) is 0 Å². The zero-order chi connectivity index (χ0) is 11.7. The van der Waals surface area contributed by atoms with Gasteiger partial charge in [0.25, 0.3) is 0 Å². The molecular weight excluding hydrogens is 210 g/mol. The van der Waals surface area contributed by atoms with Crippen LogP contribution in [0.3, 0.4) is 0 Å². The molecule has 1 fully saturated rings. The molecule has 2 N–H and O–H groups in total. The Bertz CT molecular complexity index is 390. The summed E-state index contributed by atoms with van der Waals surface area (Å²) in [5.74, 6) is 0.378. The van der Waals surface area contributed by atoms with Gasteiger partial charge in [0.05, 0.1) is 12.1 Å². The standard InChI is InChI=1S/C10H15N3O3/c1-2-12-6-5-7(11)10(12)8-3-4-9(16-8)13(14)15/h3-4,7,10H,2,5-6,11H2,1H3. The third kappa shape index (κ3) is 1.81. The molecule has 0 spiro atoms. The summed E-state index contributed by atoms with van der Waals surface area (Å²) in [5, 5.41) is 10.5. The maximum absolute atomic E-state index is 10.5.